The number of hydrogen-bond donors (Lipinski definition) is 1. The van der Waals surface area contributed by atoms with Crippen molar-refractivity contribution in [1.29, 1.82) is 0 Å². The maximum Gasteiger partial charge on any atom is 0.253 e. The molecule has 21 heavy (non-hydrogen) atoms. The fourth-order valence-corrected chi connectivity index (χ4v) is 2.45. The van der Waals surface area contributed by atoms with Crippen LogP contribution in [-0.4, -0.2) is 43.6 Å². The van der Waals surface area contributed by atoms with Crippen LogP contribution in [0, 0.1) is 5.92 Å². The van der Waals surface area contributed by atoms with Crippen LogP contribution in [0.3, 0.4) is 0 Å². The van der Waals surface area contributed by atoms with E-state index in [1.54, 1.807) is 0 Å². The smallest absolute Gasteiger partial charge is 0.253 e. The number of nitrogens with one attached hydrogen (secondary N) is 1. The number of amides is 1. The summed E-state index contributed by atoms with van der Waals surface area (Å²) < 4.78 is 5.68. The second-order valence-corrected chi connectivity index (χ2v) is 6.12. The first-order valence-corrected chi connectivity index (χ1v) is 7.78. The predicted octanol–water partition coefficient (Wildman–Crippen LogP) is 2.55. The number of carbonyl (C=O) groups excluding carboxylic acids is 1. The van der Waals surface area contributed by atoms with Crippen LogP contribution in [0.5, 0.6) is 5.75 Å². The molecule has 2 rings (SSSR count). The molecule has 1 aromatic carbocycles. The lowest BCUT2D eigenvalue weighted by Crippen LogP contribution is -2.38. The molecule has 1 atom stereocenters. The van der Waals surface area contributed by atoms with E-state index in [0.29, 0.717) is 12.0 Å². The van der Waals surface area contributed by atoms with Crippen molar-refractivity contribution in [3.8, 4) is 5.75 Å². The van der Waals surface area contributed by atoms with Crippen LogP contribution in [0.1, 0.15) is 37.0 Å². The van der Waals surface area contributed by atoms with Crippen LogP contribution in [0.15, 0.2) is 24.3 Å². The summed E-state index contributed by atoms with van der Waals surface area (Å²) in [5.74, 6) is 1.55. The van der Waals surface area contributed by atoms with Crippen LogP contribution in [0.25, 0.3) is 0 Å². The van der Waals surface area contributed by atoms with Gasteiger partial charge in [0.05, 0.1) is 6.61 Å². The summed E-state index contributed by atoms with van der Waals surface area (Å²) in [4.78, 5) is 14.2. The van der Waals surface area contributed by atoms with E-state index in [-0.39, 0.29) is 5.91 Å². The van der Waals surface area contributed by atoms with Gasteiger partial charge in [-0.1, -0.05) is 13.8 Å². The number of benzene rings is 1. The lowest BCUT2D eigenvalue weighted by Gasteiger charge is -2.23. The van der Waals surface area contributed by atoms with Gasteiger partial charge in [0.2, 0.25) is 0 Å². The molecule has 0 aliphatic carbocycles. The van der Waals surface area contributed by atoms with Crippen molar-refractivity contribution in [2.45, 2.75) is 32.7 Å². The molecule has 1 heterocycles. The van der Waals surface area contributed by atoms with Crippen LogP contribution < -0.4 is 10.1 Å². The van der Waals surface area contributed by atoms with Crippen LogP contribution >= 0.6 is 0 Å². The summed E-state index contributed by atoms with van der Waals surface area (Å²) in [6.07, 6.45) is 2.07. The Labute approximate surface area is 127 Å². The summed E-state index contributed by atoms with van der Waals surface area (Å²) in [7, 11) is 1.88. The first-order valence-electron chi connectivity index (χ1n) is 7.78. The molecular weight excluding hydrogens is 264 g/mol. The van der Waals surface area contributed by atoms with Crippen molar-refractivity contribution in [2.75, 3.05) is 26.7 Å². The largest absolute Gasteiger partial charge is 0.494 e. The minimum absolute atomic E-state index is 0.0810. The van der Waals surface area contributed by atoms with E-state index in [1.807, 2.05) is 36.2 Å². The topological polar surface area (TPSA) is 41.6 Å². The monoisotopic (exact) mass is 290 g/mol. The average molecular weight is 290 g/mol. The Kier molecular flexibility index (Phi) is 5.62. The number of likely N-dealkylation sites (N-methyl/N-ethyl adjacent to an activating group) is 1. The van der Waals surface area contributed by atoms with Crippen molar-refractivity contribution >= 4 is 5.91 Å². The molecule has 1 fully saturated rings. The first kappa shape index (κ1) is 15.8. The van der Waals surface area contributed by atoms with E-state index >= 15 is 0 Å². The summed E-state index contributed by atoms with van der Waals surface area (Å²) in [5.41, 5.74) is 0.723. The Hall–Kier alpha value is -1.55. The van der Waals surface area contributed by atoms with Gasteiger partial charge in [0.1, 0.15) is 5.75 Å². The van der Waals surface area contributed by atoms with E-state index in [9.17, 15) is 4.79 Å². The standard InChI is InChI=1S/C17H26N2O2/c1-13(2)9-11-21-16-6-4-14(5-7-16)17(20)19(3)15-8-10-18-12-15/h4-7,13,15,18H,8-12H2,1-3H3. The van der Waals surface area contributed by atoms with Crippen molar-refractivity contribution in [1.82, 2.24) is 10.2 Å². The Balaban J connectivity index is 1.90. The van der Waals surface area contributed by atoms with Gasteiger partial charge in [-0.05, 0) is 49.6 Å². The Morgan fingerprint density at radius 2 is 2.10 bits per heavy atom. The molecule has 116 valence electrons. The highest BCUT2D eigenvalue weighted by molar-refractivity contribution is 5.94. The van der Waals surface area contributed by atoms with Crippen LogP contribution in [0.2, 0.25) is 0 Å². The molecule has 1 unspecified atom stereocenters. The molecule has 0 aromatic heterocycles. The molecule has 0 spiro atoms. The molecule has 1 aliphatic heterocycles. The molecule has 0 bridgehead atoms. The Morgan fingerprint density at radius 3 is 2.67 bits per heavy atom. The fraction of sp³-hybridized carbons (Fsp3) is 0.588. The molecule has 1 N–H and O–H groups in total. The maximum absolute atomic E-state index is 12.4. The van der Waals surface area contributed by atoms with Crippen LogP contribution in [-0.2, 0) is 0 Å². The zero-order chi connectivity index (χ0) is 15.2. The van der Waals surface area contributed by atoms with Crippen molar-refractivity contribution in [3.63, 3.8) is 0 Å². The van der Waals surface area contributed by atoms with Gasteiger partial charge in [-0.3, -0.25) is 4.79 Å². The third-order valence-electron chi connectivity index (χ3n) is 3.97. The molecule has 0 radical (unpaired) electrons. The Morgan fingerprint density at radius 1 is 1.38 bits per heavy atom. The highest BCUT2D eigenvalue weighted by atomic mass is 16.5. The number of ether oxygens (including phenoxy) is 1. The highest BCUT2D eigenvalue weighted by Gasteiger charge is 2.23. The number of nitrogens with zero attached hydrogens (tertiary/aromatic N) is 1. The normalized spacial score (nSPS) is 18.0. The molecule has 1 amide bonds. The average Bonchev–Trinajstić information content (AvgIpc) is 3.00. The van der Waals surface area contributed by atoms with Crippen LogP contribution in [0.4, 0.5) is 0 Å². The minimum Gasteiger partial charge on any atom is -0.494 e. The summed E-state index contributed by atoms with van der Waals surface area (Å²) in [5, 5.41) is 3.29. The molecule has 0 saturated carbocycles. The van der Waals surface area contributed by atoms with E-state index in [1.165, 1.54) is 0 Å². The van der Waals surface area contributed by atoms with Crippen molar-refractivity contribution < 1.29 is 9.53 Å². The quantitative estimate of drug-likeness (QED) is 0.875. The highest BCUT2D eigenvalue weighted by Crippen LogP contribution is 2.16. The minimum atomic E-state index is 0.0810. The number of hydrogen-bond acceptors (Lipinski definition) is 3. The van der Waals surface area contributed by atoms with E-state index in [4.69, 9.17) is 4.74 Å². The molecule has 4 heteroatoms. The molecule has 4 nitrogen and oxygen atoms in total. The molecule has 1 saturated heterocycles. The lowest BCUT2D eigenvalue weighted by molar-refractivity contribution is 0.0744. The summed E-state index contributed by atoms with van der Waals surface area (Å²) in [6, 6.07) is 7.78. The maximum atomic E-state index is 12.4. The third-order valence-corrected chi connectivity index (χ3v) is 3.97. The van der Waals surface area contributed by atoms with Crippen molar-refractivity contribution in [2.24, 2.45) is 5.92 Å². The fourth-order valence-electron chi connectivity index (χ4n) is 2.45. The second-order valence-electron chi connectivity index (χ2n) is 6.12. The van der Waals surface area contributed by atoms with E-state index in [2.05, 4.69) is 19.2 Å². The van der Waals surface area contributed by atoms with Gasteiger partial charge in [-0.15, -0.1) is 0 Å². The van der Waals surface area contributed by atoms with Gasteiger partial charge in [-0.2, -0.15) is 0 Å². The molecule has 1 aromatic rings. The summed E-state index contributed by atoms with van der Waals surface area (Å²) in [6.45, 7) is 6.96. The van der Waals surface area contributed by atoms with E-state index < -0.39 is 0 Å². The van der Waals surface area contributed by atoms with Gasteiger partial charge >= 0.3 is 0 Å². The zero-order valence-corrected chi connectivity index (χ0v) is 13.3. The third kappa shape index (κ3) is 4.46. The van der Waals surface area contributed by atoms with Gasteiger partial charge < -0.3 is 15.0 Å². The molecular formula is C17H26N2O2. The predicted molar refractivity (Wildman–Crippen MR) is 84.8 cm³/mol. The van der Waals surface area contributed by atoms with E-state index in [0.717, 1.165) is 43.9 Å². The number of carbonyl (C=O) groups is 1. The second kappa shape index (κ2) is 7.46. The lowest BCUT2D eigenvalue weighted by atomic mass is 10.1. The molecule has 1 aliphatic rings. The first-order chi connectivity index (χ1) is 10.1. The zero-order valence-electron chi connectivity index (χ0n) is 13.3. The Bertz CT molecular complexity index is 450. The van der Waals surface area contributed by atoms with Gasteiger partial charge in [-0.25, -0.2) is 0 Å². The van der Waals surface area contributed by atoms with Crippen molar-refractivity contribution in [3.05, 3.63) is 29.8 Å². The van der Waals surface area contributed by atoms with Gasteiger partial charge in [0.25, 0.3) is 5.91 Å². The van der Waals surface area contributed by atoms with Gasteiger partial charge in [0.15, 0.2) is 0 Å². The summed E-state index contributed by atoms with van der Waals surface area (Å²) >= 11 is 0. The van der Waals surface area contributed by atoms with Gasteiger partial charge in [0, 0.05) is 25.2 Å². The SMILES string of the molecule is CC(C)CCOc1ccc(C(=O)N(C)C2CCNC2)cc1. The number of rotatable bonds is 6.